The number of esters is 1. The van der Waals surface area contributed by atoms with Crippen molar-refractivity contribution in [2.45, 2.75) is 103 Å². The molecule has 0 fully saturated rings. The van der Waals surface area contributed by atoms with E-state index in [0.717, 1.165) is 0 Å². The molecule has 0 spiro atoms. The van der Waals surface area contributed by atoms with Gasteiger partial charge in [-0.15, -0.1) is 6.58 Å². The smallest absolute Gasteiger partial charge is 0.414 e. The van der Waals surface area contributed by atoms with Crippen LogP contribution in [0.2, 0.25) is 0 Å². The third kappa shape index (κ3) is 20.0. The van der Waals surface area contributed by atoms with E-state index in [0.29, 0.717) is 30.8 Å². The van der Waals surface area contributed by atoms with Gasteiger partial charge in [0.15, 0.2) is 5.78 Å². The number of carbonyl (C=O) groups is 6. The van der Waals surface area contributed by atoms with E-state index >= 15 is 0 Å². The Kier molecular flexibility index (Phi) is 20.1. The van der Waals surface area contributed by atoms with E-state index in [1.54, 1.807) is 71.9 Å². The number of aliphatic imine (C=N–C) groups is 1. The maximum atomic E-state index is 13.8. The average molecular weight is 760 g/mol. The number of unbranched alkanes of at least 4 members (excludes halogenated alkanes) is 1. The van der Waals surface area contributed by atoms with Crippen molar-refractivity contribution >= 4 is 41.9 Å². The lowest BCUT2D eigenvalue weighted by Gasteiger charge is -2.23. The van der Waals surface area contributed by atoms with Gasteiger partial charge in [0.25, 0.3) is 0 Å². The standard InChI is InChI=1S/C38H57N5O11/c1-11-15-28(32(46)50-9)40-31(45)26(24-30(44)29(41-34(47)51-10)23-25-17-19-27(20-18-25)52-22-12-2)16-13-14-21-39-33(42-35(48)53-37(3,4)5)43-36(49)54-38(6,7)8/h11-12,17-20,26,28-29H,1-2,13-16,21-24H2,3-10H3,(H,40,45)(H,41,47)(H2,39,42,43,48,49)/t26-,28+,29+/m1/s1. The predicted molar refractivity (Wildman–Crippen MR) is 202 cm³/mol. The summed E-state index contributed by atoms with van der Waals surface area (Å²) in [4.78, 5) is 81.2. The van der Waals surface area contributed by atoms with Crippen molar-refractivity contribution in [3.63, 3.8) is 0 Å². The molecule has 0 aliphatic heterocycles. The van der Waals surface area contributed by atoms with Crippen LogP contribution in [0.1, 0.15) is 79.2 Å². The summed E-state index contributed by atoms with van der Waals surface area (Å²) < 4.78 is 25.6. The lowest BCUT2D eigenvalue weighted by molar-refractivity contribution is -0.145. The number of hydrogen-bond acceptors (Lipinski definition) is 12. The fourth-order valence-electron chi connectivity index (χ4n) is 4.69. The molecule has 0 bridgehead atoms. The Morgan fingerprint density at radius 3 is 1.87 bits per heavy atom. The molecule has 16 nitrogen and oxygen atoms in total. The van der Waals surface area contributed by atoms with Gasteiger partial charge in [-0.1, -0.05) is 37.3 Å². The molecule has 0 radical (unpaired) electrons. The maximum Gasteiger partial charge on any atom is 0.414 e. The summed E-state index contributed by atoms with van der Waals surface area (Å²) >= 11 is 0. The van der Waals surface area contributed by atoms with Crippen molar-refractivity contribution in [1.29, 1.82) is 0 Å². The number of rotatable bonds is 19. The number of nitrogens with zero attached hydrogens (tertiary/aromatic N) is 1. The summed E-state index contributed by atoms with van der Waals surface area (Å²) in [6.45, 7) is 17.7. The molecule has 0 aliphatic carbocycles. The number of ketones is 1. The van der Waals surface area contributed by atoms with E-state index in [2.05, 4.69) is 39.4 Å². The van der Waals surface area contributed by atoms with Crippen molar-refractivity contribution in [3.05, 3.63) is 55.1 Å². The minimum absolute atomic E-state index is 0.0868. The van der Waals surface area contributed by atoms with E-state index < -0.39 is 65.1 Å². The highest BCUT2D eigenvalue weighted by atomic mass is 16.6. The fraction of sp³-hybridized carbons (Fsp3) is 0.553. The van der Waals surface area contributed by atoms with Crippen LogP contribution in [0.3, 0.4) is 0 Å². The number of amides is 4. The summed E-state index contributed by atoms with van der Waals surface area (Å²) in [6, 6.07) is 4.86. The molecule has 3 atom stereocenters. The average Bonchev–Trinajstić information content (AvgIpc) is 3.07. The normalized spacial score (nSPS) is 12.7. The van der Waals surface area contributed by atoms with Crippen LogP contribution in [-0.2, 0) is 39.8 Å². The second-order valence-corrected chi connectivity index (χ2v) is 14.1. The fourth-order valence-corrected chi connectivity index (χ4v) is 4.69. The minimum atomic E-state index is -1.05. The molecule has 0 aromatic heterocycles. The highest BCUT2D eigenvalue weighted by Gasteiger charge is 2.31. The molecule has 0 heterocycles. The topological polar surface area (TPSA) is 209 Å². The molecule has 0 aliphatic rings. The Labute approximate surface area is 317 Å². The van der Waals surface area contributed by atoms with Gasteiger partial charge in [-0.05, 0) is 84.9 Å². The van der Waals surface area contributed by atoms with E-state index in [1.807, 2.05) is 0 Å². The summed E-state index contributed by atoms with van der Waals surface area (Å²) in [5, 5.41) is 10.0. The summed E-state index contributed by atoms with van der Waals surface area (Å²) in [6.07, 6.45) is 1.31. The minimum Gasteiger partial charge on any atom is -0.490 e. The zero-order valence-corrected chi connectivity index (χ0v) is 32.7. The molecule has 54 heavy (non-hydrogen) atoms. The predicted octanol–water partition coefficient (Wildman–Crippen LogP) is 4.90. The first-order valence-corrected chi connectivity index (χ1v) is 17.5. The van der Waals surface area contributed by atoms with E-state index in [4.69, 9.17) is 23.7 Å². The van der Waals surface area contributed by atoms with E-state index in [1.165, 1.54) is 20.3 Å². The van der Waals surface area contributed by atoms with Crippen LogP contribution in [0.4, 0.5) is 14.4 Å². The monoisotopic (exact) mass is 759 g/mol. The third-order valence-electron chi connectivity index (χ3n) is 7.09. The molecule has 0 saturated heterocycles. The molecule has 1 aromatic carbocycles. The number of hydrogen-bond donors (Lipinski definition) is 4. The highest BCUT2D eigenvalue weighted by molar-refractivity contribution is 6.01. The van der Waals surface area contributed by atoms with Crippen LogP contribution < -0.4 is 26.0 Å². The first kappa shape index (κ1) is 46.6. The number of methoxy groups -OCH3 is 2. The number of nitrogens with one attached hydrogen (secondary N) is 4. The SMILES string of the molecule is C=CCOc1ccc(C[C@H](NC(=O)OC)C(=O)C[C@@H](CCCCN=C(NC(=O)OC(C)(C)C)NC(=O)OC(C)(C)C)C(=O)N[C@@H](CC=C)C(=O)OC)cc1. The van der Waals surface area contributed by atoms with Crippen molar-refractivity contribution in [2.24, 2.45) is 10.9 Å². The molecule has 0 unspecified atom stereocenters. The second kappa shape index (κ2) is 23.3. The Hall–Kier alpha value is -5.41. The maximum absolute atomic E-state index is 13.8. The molecule has 4 N–H and O–H groups in total. The molecule has 300 valence electrons. The van der Waals surface area contributed by atoms with Gasteiger partial charge in [0.2, 0.25) is 11.9 Å². The van der Waals surface area contributed by atoms with Crippen LogP contribution in [0.25, 0.3) is 0 Å². The molecular weight excluding hydrogens is 702 g/mol. The van der Waals surface area contributed by atoms with Gasteiger partial charge in [0.05, 0.1) is 20.3 Å². The first-order valence-electron chi connectivity index (χ1n) is 17.5. The lowest BCUT2D eigenvalue weighted by atomic mass is 9.90. The summed E-state index contributed by atoms with van der Waals surface area (Å²) in [7, 11) is 2.36. The number of guanidine groups is 1. The lowest BCUT2D eigenvalue weighted by Crippen LogP contribution is -2.47. The first-order chi connectivity index (χ1) is 25.3. The van der Waals surface area contributed by atoms with Crippen molar-refractivity contribution in [1.82, 2.24) is 21.3 Å². The second-order valence-electron chi connectivity index (χ2n) is 14.1. The van der Waals surface area contributed by atoms with E-state index in [9.17, 15) is 28.8 Å². The largest absolute Gasteiger partial charge is 0.490 e. The molecule has 1 rings (SSSR count). The quantitative estimate of drug-likeness (QED) is 0.0372. The van der Waals surface area contributed by atoms with Gasteiger partial charge in [-0.3, -0.25) is 25.2 Å². The third-order valence-corrected chi connectivity index (χ3v) is 7.09. The van der Waals surface area contributed by atoms with Crippen molar-refractivity contribution in [3.8, 4) is 5.75 Å². The van der Waals surface area contributed by atoms with Crippen LogP contribution in [0.5, 0.6) is 5.75 Å². The molecule has 4 amide bonds. The summed E-state index contributed by atoms with van der Waals surface area (Å²) in [5.74, 6) is -2.26. The summed E-state index contributed by atoms with van der Waals surface area (Å²) in [5.41, 5.74) is -0.923. The van der Waals surface area contributed by atoms with Crippen LogP contribution in [0, 0.1) is 5.92 Å². The Bertz CT molecular complexity index is 1430. The number of benzene rings is 1. The number of alkyl carbamates (subject to hydrolysis) is 3. The zero-order valence-electron chi connectivity index (χ0n) is 32.7. The van der Waals surface area contributed by atoms with Gasteiger partial charge >= 0.3 is 24.2 Å². The Morgan fingerprint density at radius 1 is 0.778 bits per heavy atom. The van der Waals surface area contributed by atoms with Crippen LogP contribution >= 0.6 is 0 Å². The van der Waals surface area contributed by atoms with Crippen LogP contribution in [0.15, 0.2) is 54.6 Å². The van der Waals surface area contributed by atoms with Crippen molar-refractivity contribution in [2.75, 3.05) is 27.4 Å². The molecular formula is C38H57N5O11. The number of carbonyl (C=O) groups excluding carboxylic acids is 6. The van der Waals surface area contributed by atoms with Gasteiger partial charge in [0.1, 0.15) is 29.6 Å². The van der Waals surface area contributed by atoms with Crippen LogP contribution in [-0.4, -0.2) is 92.6 Å². The van der Waals surface area contributed by atoms with E-state index in [-0.39, 0.29) is 38.2 Å². The van der Waals surface area contributed by atoms with Gasteiger partial charge in [-0.2, -0.15) is 0 Å². The van der Waals surface area contributed by atoms with Gasteiger partial charge < -0.3 is 34.3 Å². The zero-order chi connectivity index (χ0) is 40.9. The number of Topliss-reactive ketones (excluding diaryl/α,β-unsaturated/α-hetero) is 1. The van der Waals surface area contributed by atoms with Crippen molar-refractivity contribution < 1.29 is 52.5 Å². The Morgan fingerprint density at radius 2 is 1.37 bits per heavy atom. The highest BCUT2D eigenvalue weighted by Crippen LogP contribution is 2.19. The molecule has 16 heteroatoms. The Balaban J connectivity index is 3.24. The van der Waals surface area contributed by atoms with Gasteiger partial charge in [-0.25, -0.2) is 19.2 Å². The molecule has 1 aromatic rings. The molecule has 0 saturated carbocycles. The van der Waals surface area contributed by atoms with Gasteiger partial charge in [0, 0.05) is 18.9 Å². The number of ether oxygens (including phenoxy) is 5.